The summed E-state index contributed by atoms with van der Waals surface area (Å²) < 4.78 is 0. The normalized spacial score (nSPS) is 23.0. The highest BCUT2D eigenvalue weighted by atomic mass is 32.2. The van der Waals surface area contributed by atoms with Gasteiger partial charge < -0.3 is 10.2 Å². The largest absolute Gasteiger partial charge is 0.308 e. The number of carbonyl (C=O) groups is 1. The summed E-state index contributed by atoms with van der Waals surface area (Å²) in [6.45, 7) is 0. The first kappa shape index (κ1) is 9.78. The Bertz CT molecular complexity index is 170. The van der Waals surface area contributed by atoms with E-state index in [1.165, 1.54) is 0 Å². The predicted octanol–water partition coefficient (Wildman–Crippen LogP) is 2.27. The van der Waals surface area contributed by atoms with Gasteiger partial charge in [-0.25, -0.2) is 0 Å². The van der Waals surface area contributed by atoms with Crippen LogP contribution in [-0.4, -0.2) is 23.0 Å². The number of unbranched alkanes of at least 4 members (excludes halogenated alkanes) is 2. The lowest BCUT2D eigenvalue weighted by Crippen LogP contribution is -2.08. The minimum Gasteiger partial charge on any atom is -0.308 e. The molecule has 0 saturated carbocycles. The molecule has 0 bridgehead atoms. The van der Waals surface area contributed by atoms with Crippen molar-refractivity contribution in [3.8, 4) is 0 Å². The average molecular weight is 185 g/mol. The molecule has 1 saturated heterocycles. The lowest BCUT2D eigenvalue weighted by molar-refractivity contribution is -0.107. The molecule has 68 valence electrons. The fraction of sp³-hybridized carbons (Fsp3) is 0.778. The SMILES string of the molecule is N=C1CCS[C@H]1CCCCC=O. The van der Waals surface area contributed by atoms with Crippen molar-refractivity contribution < 1.29 is 4.79 Å². The summed E-state index contributed by atoms with van der Waals surface area (Å²) in [6, 6.07) is 0. The third-order valence-corrected chi connectivity index (χ3v) is 3.48. The van der Waals surface area contributed by atoms with Gasteiger partial charge in [-0.15, -0.1) is 0 Å². The predicted molar refractivity (Wildman–Crippen MR) is 53.1 cm³/mol. The maximum absolute atomic E-state index is 10.0. The van der Waals surface area contributed by atoms with Crippen molar-refractivity contribution in [1.82, 2.24) is 0 Å². The van der Waals surface area contributed by atoms with Crippen LogP contribution in [0.5, 0.6) is 0 Å². The fourth-order valence-corrected chi connectivity index (χ4v) is 2.66. The molecule has 1 atom stereocenters. The lowest BCUT2D eigenvalue weighted by atomic mass is 10.1. The van der Waals surface area contributed by atoms with Crippen LogP contribution in [0.25, 0.3) is 0 Å². The minimum absolute atomic E-state index is 0.469. The van der Waals surface area contributed by atoms with Crippen molar-refractivity contribution in [3.63, 3.8) is 0 Å². The summed E-state index contributed by atoms with van der Waals surface area (Å²) in [5.74, 6) is 1.12. The molecule has 1 N–H and O–H groups in total. The summed E-state index contributed by atoms with van der Waals surface area (Å²) in [6.07, 6.45) is 5.82. The summed E-state index contributed by atoms with van der Waals surface area (Å²) in [5.41, 5.74) is 0.908. The number of rotatable bonds is 5. The molecular formula is C9H15NOS. The van der Waals surface area contributed by atoms with Gasteiger partial charge in [0, 0.05) is 17.4 Å². The first-order valence-corrected chi connectivity index (χ1v) is 5.52. The van der Waals surface area contributed by atoms with E-state index >= 15 is 0 Å². The van der Waals surface area contributed by atoms with E-state index in [0.29, 0.717) is 11.7 Å². The molecule has 1 fully saturated rings. The molecule has 0 amide bonds. The van der Waals surface area contributed by atoms with Gasteiger partial charge in [0.05, 0.1) is 0 Å². The molecule has 1 aliphatic heterocycles. The van der Waals surface area contributed by atoms with Crippen molar-refractivity contribution in [2.45, 2.75) is 37.4 Å². The second kappa shape index (κ2) is 5.36. The van der Waals surface area contributed by atoms with Crippen molar-refractivity contribution in [3.05, 3.63) is 0 Å². The van der Waals surface area contributed by atoms with Crippen LogP contribution in [0.1, 0.15) is 32.1 Å². The van der Waals surface area contributed by atoms with Gasteiger partial charge in [0.25, 0.3) is 0 Å². The van der Waals surface area contributed by atoms with Gasteiger partial charge in [0.2, 0.25) is 0 Å². The first-order valence-electron chi connectivity index (χ1n) is 4.47. The molecule has 0 aromatic heterocycles. The summed E-state index contributed by atoms with van der Waals surface area (Å²) >= 11 is 1.90. The molecule has 1 aliphatic rings. The zero-order chi connectivity index (χ0) is 8.81. The quantitative estimate of drug-likeness (QED) is 0.527. The van der Waals surface area contributed by atoms with Crippen molar-refractivity contribution >= 4 is 23.8 Å². The van der Waals surface area contributed by atoms with Gasteiger partial charge in [-0.05, 0) is 25.0 Å². The Morgan fingerprint density at radius 3 is 3.00 bits per heavy atom. The molecule has 0 aromatic rings. The maximum atomic E-state index is 10.0. The van der Waals surface area contributed by atoms with Gasteiger partial charge in [-0.2, -0.15) is 11.8 Å². The summed E-state index contributed by atoms with van der Waals surface area (Å²) in [7, 11) is 0. The van der Waals surface area contributed by atoms with Crippen LogP contribution in [0.2, 0.25) is 0 Å². The molecule has 12 heavy (non-hydrogen) atoms. The van der Waals surface area contributed by atoms with E-state index in [0.717, 1.165) is 43.4 Å². The highest BCUT2D eigenvalue weighted by Gasteiger charge is 2.20. The van der Waals surface area contributed by atoms with Crippen molar-refractivity contribution in [1.29, 1.82) is 5.41 Å². The Balaban J connectivity index is 2.06. The Hall–Kier alpha value is -0.310. The van der Waals surface area contributed by atoms with Crippen LogP contribution < -0.4 is 0 Å². The molecule has 3 heteroatoms. The van der Waals surface area contributed by atoms with Crippen molar-refractivity contribution in [2.24, 2.45) is 0 Å². The summed E-state index contributed by atoms with van der Waals surface area (Å²) in [5, 5.41) is 8.07. The van der Waals surface area contributed by atoms with Gasteiger partial charge in [0.1, 0.15) is 6.29 Å². The number of nitrogens with one attached hydrogen (secondary N) is 1. The number of thioether (sulfide) groups is 1. The van der Waals surface area contributed by atoms with Crippen LogP contribution in [-0.2, 0) is 4.79 Å². The number of hydrogen-bond donors (Lipinski definition) is 1. The molecule has 1 rings (SSSR count). The van der Waals surface area contributed by atoms with Crippen LogP contribution >= 0.6 is 11.8 Å². The van der Waals surface area contributed by atoms with E-state index in [-0.39, 0.29) is 0 Å². The van der Waals surface area contributed by atoms with E-state index in [9.17, 15) is 4.79 Å². The highest BCUT2D eigenvalue weighted by Crippen LogP contribution is 2.27. The number of hydrogen-bond acceptors (Lipinski definition) is 3. The van der Waals surface area contributed by atoms with E-state index in [2.05, 4.69) is 0 Å². The van der Waals surface area contributed by atoms with E-state index in [1.54, 1.807) is 0 Å². The van der Waals surface area contributed by atoms with Crippen LogP contribution in [0.4, 0.5) is 0 Å². The Kier molecular flexibility index (Phi) is 4.36. The van der Waals surface area contributed by atoms with Crippen molar-refractivity contribution in [2.75, 3.05) is 5.75 Å². The van der Waals surface area contributed by atoms with E-state index in [4.69, 9.17) is 5.41 Å². The van der Waals surface area contributed by atoms with Gasteiger partial charge in [-0.3, -0.25) is 0 Å². The Morgan fingerprint density at radius 2 is 2.42 bits per heavy atom. The van der Waals surface area contributed by atoms with Gasteiger partial charge in [-0.1, -0.05) is 6.42 Å². The molecule has 0 aliphatic carbocycles. The second-order valence-electron chi connectivity index (χ2n) is 3.09. The summed E-state index contributed by atoms with van der Waals surface area (Å²) in [4.78, 5) is 10.0. The monoisotopic (exact) mass is 185 g/mol. The molecular weight excluding hydrogens is 170 g/mol. The van der Waals surface area contributed by atoms with Crippen LogP contribution in [0.15, 0.2) is 0 Å². The average Bonchev–Trinajstić information content (AvgIpc) is 2.46. The minimum atomic E-state index is 0.469. The van der Waals surface area contributed by atoms with E-state index in [1.807, 2.05) is 11.8 Å². The first-order chi connectivity index (χ1) is 5.84. The zero-order valence-electron chi connectivity index (χ0n) is 7.21. The topological polar surface area (TPSA) is 40.9 Å². The third kappa shape index (κ3) is 2.97. The highest BCUT2D eigenvalue weighted by molar-refractivity contribution is 8.01. The number of carbonyl (C=O) groups excluding carboxylic acids is 1. The molecule has 0 unspecified atom stereocenters. The van der Waals surface area contributed by atoms with Crippen LogP contribution in [0.3, 0.4) is 0 Å². The second-order valence-corrected chi connectivity index (χ2v) is 4.40. The lowest BCUT2D eigenvalue weighted by Gasteiger charge is -2.06. The maximum Gasteiger partial charge on any atom is 0.119 e. The van der Waals surface area contributed by atoms with Gasteiger partial charge in [0.15, 0.2) is 0 Å². The standard InChI is InChI=1S/C9H15NOS/c10-8-5-7-12-9(8)4-2-1-3-6-11/h6,9-10H,1-5,7H2/t9-/m0/s1. The Labute approximate surface area is 77.6 Å². The third-order valence-electron chi connectivity index (χ3n) is 2.12. The molecule has 2 nitrogen and oxygen atoms in total. The van der Waals surface area contributed by atoms with Crippen LogP contribution in [0, 0.1) is 5.41 Å². The molecule has 0 spiro atoms. The molecule has 0 aromatic carbocycles. The smallest absolute Gasteiger partial charge is 0.119 e. The molecule has 1 heterocycles. The van der Waals surface area contributed by atoms with E-state index < -0.39 is 0 Å². The fourth-order valence-electron chi connectivity index (χ4n) is 1.39. The zero-order valence-corrected chi connectivity index (χ0v) is 8.03. The van der Waals surface area contributed by atoms with Gasteiger partial charge >= 0.3 is 0 Å². The Morgan fingerprint density at radius 1 is 1.58 bits per heavy atom. The molecule has 0 radical (unpaired) electrons. The number of aldehydes is 1.